The summed E-state index contributed by atoms with van der Waals surface area (Å²) in [4.78, 5) is 2.51. The van der Waals surface area contributed by atoms with Crippen LogP contribution in [0.3, 0.4) is 0 Å². The highest BCUT2D eigenvalue weighted by molar-refractivity contribution is 6.75. The maximum atomic E-state index is 4.00. The highest BCUT2D eigenvalue weighted by Crippen LogP contribution is 2.30. The smallest absolute Gasteiger partial charge is 0.00925 e. The van der Waals surface area contributed by atoms with Crippen LogP contribution in [0.25, 0.3) is 0 Å². The maximum absolute atomic E-state index is 4.00. The molecular weight excluding hydrogens is 167 g/mol. The van der Waals surface area contributed by atoms with Crippen molar-refractivity contribution in [1.29, 1.82) is 0 Å². The van der Waals surface area contributed by atoms with Crippen LogP contribution in [-0.4, -0.2) is 47.9 Å². The summed E-state index contributed by atoms with van der Waals surface area (Å²) in [5.41, 5.74) is 0. The van der Waals surface area contributed by atoms with E-state index in [0.717, 1.165) is 23.9 Å². The highest BCUT2D eigenvalue weighted by Gasteiger charge is 2.31. The van der Waals surface area contributed by atoms with Gasteiger partial charge in [-0.2, -0.15) is 0 Å². The van der Waals surface area contributed by atoms with Gasteiger partial charge in [-0.25, -0.2) is 0 Å². The summed E-state index contributed by atoms with van der Waals surface area (Å²) in [5.74, 6) is 1.73. The van der Waals surface area contributed by atoms with Gasteiger partial charge < -0.3 is 4.90 Å². The largest absolute Gasteiger partial charge is 0.300 e. The average Bonchev–Trinajstić information content (AvgIpc) is 2.15. The number of likely N-dealkylation sites (tertiary alicyclic amines) is 1. The summed E-state index contributed by atoms with van der Waals surface area (Å²) >= 11 is 0. The zero-order valence-corrected chi connectivity index (χ0v) is 10.2. The van der Waals surface area contributed by atoms with Crippen LogP contribution in [0.5, 0.6) is 0 Å². The zero-order chi connectivity index (χ0) is 10.6. The normalized spacial score (nSPS) is 37.8. The van der Waals surface area contributed by atoms with Gasteiger partial charge in [-0.1, -0.05) is 13.8 Å². The van der Waals surface area contributed by atoms with Gasteiger partial charge in [0.25, 0.3) is 0 Å². The topological polar surface area (TPSA) is 3.24 Å². The molecule has 4 atom stereocenters. The summed E-state index contributed by atoms with van der Waals surface area (Å²) in [5, 5.41) is 0. The van der Waals surface area contributed by atoms with E-state index >= 15 is 0 Å². The van der Waals surface area contributed by atoms with Gasteiger partial charge >= 0.3 is 0 Å². The third kappa shape index (κ3) is 3.72. The van der Waals surface area contributed by atoms with Gasteiger partial charge in [0.1, 0.15) is 0 Å². The van der Waals surface area contributed by atoms with Gasteiger partial charge in [0.2, 0.25) is 0 Å². The Labute approximate surface area is 94.4 Å². The third-order valence-corrected chi connectivity index (χ3v) is 3.68. The lowest BCUT2D eigenvalue weighted by atomic mass is 9.81. The van der Waals surface area contributed by atoms with Gasteiger partial charge in [0.15, 0.2) is 0 Å². The molecule has 7 radical (unpaired) electrons. The Hall–Kier alpha value is 0.155. The first-order chi connectivity index (χ1) is 6.04. The van der Waals surface area contributed by atoms with Crippen molar-refractivity contribution >= 4 is 23.9 Å². The summed E-state index contributed by atoms with van der Waals surface area (Å²) < 4.78 is 0. The van der Waals surface area contributed by atoms with E-state index < -0.39 is 0 Å². The van der Waals surface area contributed by atoms with Crippen LogP contribution in [0.4, 0.5) is 0 Å². The minimum atomic E-state index is 0. The Morgan fingerprint density at radius 3 is 1.50 bits per heavy atom. The second-order valence-electron chi connectivity index (χ2n) is 4.34. The fourth-order valence-electron chi connectivity index (χ4n) is 2.15. The molecule has 0 aromatic heterocycles. The molecule has 1 nitrogen and oxygen atoms in total. The van der Waals surface area contributed by atoms with Gasteiger partial charge in [0, 0.05) is 36.0 Å². The first kappa shape index (κ1) is 16.6. The molecule has 0 saturated carbocycles. The lowest BCUT2D eigenvalue weighted by Crippen LogP contribution is -2.48. The lowest BCUT2D eigenvalue weighted by molar-refractivity contribution is 0.0519. The molecule has 0 unspecified atom stereocenters. The van der Waals surface area contributed by atoms with E-state index in [1.54, 1.807) is 0 Å². The Bertz CT molecular complexity index is 129. The summed E-state index contributed by atoms with van der Waals surface area (Å²) in [6.45, 7) is 9.41. The monoisotopic (exact) mass is 188 g/mol. The van der Waals surface area contributed by atoms with E-state index in [1.807, 2.05) is 0 Å². The molecule has 75 valence electrons. The average molecular weight is 188 g/mol. The molecule has 1 saturated heterocycles. The van der Waals surface area contributed by atoms with Crippen LogP contribution in [0.2, 0.25) is 0 Å². The number of hydrogen-bond donors (Lipinski definition) is 0. The maximum Gasteiger partial charge on any atom is 0.00925 e. The standard InChI is InChI=1S/C10H21N.B2.B/c1-7-6-8(2)10(4)11(5)9(7)3;1-2;/h7-10H,6H2,1-5H3;;/t7-,8+,9-,10+;;. The van der Waals surface area contributed by atoms with Crippen molar-refractivity contribution in [2.24, 2.45) is 11.8 Å². The SMILES string of the molecule is C[C@@H]1C[C@H](C)[C@H](C)N(C)[C@@H]1C.[B].[B][B]. The van der Waals surface area contributed by atoms with Gasteiger partial charge in [-0.05, 0) is 39.2 Å². The summed E-state index contributed by atoms with van der Waals surface area (Å²) in [6.07, 6.45) is 1.40. The quantitative estimate of drug-likeness (QED) is 0.516. The first-order valence-electron chi connectivity index (χ1n) is 5.09. The number of rotatable bonds is 0. The predicted molar refractivity (Wildman–Crippen MR) is 66.9 cm³/mol. The molecule has 1 aliphatic rings. The van der Waals surface area contributed by atoms with Crippen molar-refractivity contribution in [2.75, 3.05) is 7.05 Å². The van der Waals surface area contributed by atoms with E-state index in [9.17, 15) is 0 Å². The van der Waals surface area contributed by atoms with Gasteiger partial charge in [0.05, 0.1) is 0 Å². The first-order valence-corrected chi connectivity index (χ1v) is 5.09. The lowest BCUT2D eigenvalue weighted by Gasteiger charge is -2.44. The molecule has 1 heterocycles. The molecule has 0 bridgehead atoms. The molecule has 1 rings (SSSR count). The number of piperidine rings is 1. The summed E-state index contributed by atoms with van der Waals surface area (Å²) in [7, 11) is 10.3. The van der Waals surface area contributed by atoms with Crippen LogP contribution in [0.15, 0.2) is 0 Å². The van der Waals surface area contributed by atoms with Gasteiger partial charge in [-0.3, -0.25) is 0 Å². The predicted octanol–water partition coefficient (Wildman–Crippen LogP) is 1.23. The van der Waals surface area contributed by atoms with Crippen molar-refractivity contribution in [1.82, 2.24) is 4.90 Å². The molecule has 14 heavy (non-hydrogen) atoms. The van der Waals surface area contributed by atoms with E-state index in [2.05, 4.69) is 55.1 Å². The third-order valence-electron chi connectivity index (χ3n) is 3.68. The number of nitrogens with zero attached hydrogens (tertiary/aromatic N) is 1. The van der Waals surface area contributed by atoms with Crippen molar-refractivity contribution in [2.45, 2.75) is 46.2 Å². The summed E-state index contributed by atoms with van der Waals surface area (Å²) in [6, 6.07) is 1.53. The van der Waals surface area contributed by atoms with Crippen LogP contribution < -0.4 is 0 Å². The fraction of sp³-hybridized carbons (Fsp3) is 1.00. The van der Waals surface area contributed by atoms with Crippen LogP contribution in [-0.2, 0) is 0 Å². The molecular formula is C10H21B3N. The van der Waals surface area contributed by atoms with Crippen molar-refractivity contribution in [3.05, 3.63) is 0 Å². The molecule has 0 aromatic rings. The Balaban J connectivity index is 0. The Morgan fingerprint density at radius 2 is 1.21 bits per heavy atom. The van der Waals surface area contributed by atoms with Crippen molar-refractivity contribution in [3.8, 4) is 0 Å². The zero-order valence-electron chi connectivity index (χ0n) is 10.2. The Morgan fingerprint density at radius 1 is 0.929 bits per heavy atom. The van der Waals surface area contributed by atoms with Crippen LogP contribution in [0, 0.1) is 11.8 Å². The Kier molecular flexibility index (Phi) is 8.82. The minimum Gasteiger partial charge on any atom is -0.300 e. The minimum absolute atomic E-state index is 0. The van der Waals surface area contributed by atoms with Crippen molar-refractivity contribution in [3.63, 3.8) is 0 Å². The van der Waals surface area contributed by atoms with Crippen LogP contribution >= 0.6 is 0 Å². The second-order valence-corrected chi connectivity index (χ2v) is 4.34. The number of hydrogen-bond acceptors (Lipinski definition) is 1. The van der Waals surface area contributed by atoms with E-state index in [4.69, 9.17) is 0 Å². The molecule has 0 spiro atoms. The molecule has 0 aliphatic carbocycles. The van der Waals surface area contributed by atoms with Crippen molar-refractivity contribution < 1.29 is 0 Å². The van der Waals surface area contributed by atoms with E-state index in [-0.39, 0.29) is 8.41 Å². The van der Waals surface area contributed by atoms with E-state index in [0.29, 0.717) is 0 Å². The molecule has 1 aliphatic heterocycles. The second kappa shape index (κ2) is 7.45. The van der Waals surface area contributed by atoms with E-state index in [1.165, 1.54) is 6.42 Å². The fourth-order valence-corrected chi connectivity index (χ4v) is 2.15. The molecule has 4 heteroatoms. The highest BCUT2D eigenvalue weighted by atomic mass is 15.2. The molecule has 1 fully saturated rings. The molecule has 0 amide bonds. The van der Waals surface area contributed by atoms with Gasteiger partial charge in [-0.15, -0.1) is 0 Å². The molecule has 0 N–H and O–H groups in total. The van der Waals surface area contributed by atoms with Crippen LogP contribution in [0.1, 0.15) is 34.1 Å². The molecule has 0 aromatic carbocycles.